The van der Waals surface area contributed by atoms with Gasteiger partial charge in [0.25, 0.3) is 5.95 Å². The van der Waals surface area contributed by atoms with Gasteiger partial charge in [0.15, 0.2) is 0 Å². The van der Waals surface area contributed by atoms with Crippen LogP contribution in [0, 0.1) is 0 Å². The highest BCUT2D eigenvalue weighted by Crippen LogP contribution is 2.12. The molecule has 0 saturated heterocycles. The molecule has 0 amide bonds. The van der Waals surface area contributed by atoms with Crippen molar-refractivity contribution < 1.29 is 0 Å². The molecule has 0 aromatic carbocycles. The van der Waals surface area contributed by atoms with Gasteiger partial charge in [-0.2, -0.15) is 19.9 Å². The number of aliphatic imine (C=N–C) groups is 1. The molecular weight excluding hydrogens is 236 g/mol. The predicted octanol–water partition coefficient (Wildman–Crippen LogP) is 2.25. The van der Waals surface area contributed by atoms with E-state index < -0.39 is 0 Å². The number of nitrogens with one attached hydrogen (secondary N) is 2. The lowest BCUT2D eigenvalue weighted by Gasteiger charge is -2.11. The zero-order chi connectivity index (χ0) is 12.8. The second kappa shape index (κ2) is 6.22. The Morgan fingerprint density at radius 2 is 1.47 bits per heavy atom. The van der Waals surface area contributed by atoms with E-state index in [4.69, 9.17) is 0 Å². The summed E-state index contributed by atoms with van der Waals surface area (Å²) in [4.78, 5) is 16.2. The van der Waals surface area contributed by atoms with E-state index in [0.29, 0.717) is 11.9 Å². The number of anilines is 2. The van der Waals surface area contributed by atoms with Crippen molar-refractivity contribution in [3.05, 3.63) is 0 Å². The van der Waals surface area contributed by atoms with Crippen LogP contribution in [0.1, 0.15) is 27.7 Å². The summed E-state index contributed by atoms with van der Waals surface area (Å²) in [6, 6.07) is 0.460. The first-order chi connectivity index (χ1) is 8.01. The molecule has 0 atom stereocenters. The normalized spacial score (nSPS) is 10.2. The van der Waals surface area contributed by atoms with E-state index in [1.165, 1.54) is 0 Å². The van der Waals surface area contributed by atoms with Gasteiger partial charge >= 0.3 is 0 Å². The summed E-state index contributed by atoms with van der Waals surface area (Å²) in [6.07, 6.45) is 0. The minimum absolute atomic E-state index is 0.230. The van der Waals surface area contributed by atoms with Crippen LogP contribution in [-0.2, 0) is 0 Å². The summed E-state index contributed by atoms with van der Waals surface area (Å²) in [6.45, 7) is 8.01. The minimum atomic E-state index is 0.230. The molecule has 0 saturated carbocycles. The van der Waals surface area contributed by atoms with E-state index in [2.05, 4.69) is 48.0 Å². The van der Waals surface area contributed by atoms with E-state index in [-0.39, 0.29) is 18.0 Å². The molecular formula is C10H16N6S. The fourth-order valence-electron chi connectivity index (χ4n) is 1.10. The van der Waals surface area contributed by atoms with Crippen molar-refractivity contribution in [1.29, 1.82) is 0 Å². The summed E-state index contributed by atoms with van der Waals surface area (Å²) < 4.78 is 0. The molecule has 0 unspecified atom stereocenters. The SMILES string of the molecule is CC(C)Nc1nc(N=C=S)nc(NC(C)C)n1. The highest BCUT2D eigenvalue weighted by Gasteiger charge is 2.07. The number of thiocarbonyl (C=S) groups is 1. The lowest BCUT2D eigenvalue weighted by molar-refractivity contribution is 0.845. The third-order valence-electron chi connectivity index (χ3n) is 1.60. The number of hydrogen-bond donors (Lipinski definition) is 2. The largest absolute Gasteiger partial charge is 0.352 e. The standard InChI is InChI=1S/C10H16N6S/c1-6(2)12-9-14-8(11-5-17)15-10(16-9)13-7(3)4/h6-7H,1-4H3,(H2,12,13,14,15,16). The van der Waals surface area contributed by atoms with E-state index in [0.717, 1.165) is 0 Å². The Bertz CT molecular complexity index is 397. The first-order valence-electron chi connectivity index (χ1n) is 5.38. The molecule has 6 nitrogen and oxygen atoms in total. The van der Waals surface area contributed by atoms with Crippen LogP contribution in [-0.4, -0.2) is 32.2 Å². The van der Waals surface area contributed by atoms with Crippen molar-refractivity contribution in [3.8, 4) is 0 Å². The minimum Gasteiger partial charge on any atom is -0.352 e. The first-order valence-corrected chi connectivity index (χ1v) is 5.79. The molecule has 1 heterocycles. The summed E-state index contributed by atoms with van der Waals surface area (Å²) in [5.74, 6) is 1.20. The number of hydrogen-bond acceptors (Lipinski definition) is 7. The van der Waals surface area contributed by atoms with Crippen LogP contribution in [0.4, 0.5) is 17.8 Å². The Balaban J connectivity index is 3.04. The topological polar surface area (TPSA) is 75.1 Å². The van der Waals surface area contributed by atoms with Crippen molar-refractivity contribution in [2.45, 2.75) is 39.8 Å². The van der Waals surface area contributed by atoms with Gasteiger partial charge < -0.3 is 10.6 Å². The maximum Gasteiger partial charge on any atom is 0.265 e. The van der Waals surface area contributed by atoms with E-state index in [9.17, 15) is 0 Å². The Morgan fingerprint density at radius 1 is 1.00 bits per heavy atom. The molecule has 0 fully saturated rings. The quantitative estimate of drug-likeness (QED) is 0.618. The highest BCUT2D eigenvalue weighted by molar-refractivity contribution is 7.78. The van der Waals surface area contributed by atoms with Crippen LogP contribution in [0.25, 0.3) is 0 Å². The molecule has 0 bridgehead atoms. The Labute approximate surface area is 106 Å². The van der Waals surface area contributed by atoms with E-state index >= 15 is 0 Å². The summed E-state index contributed by atoms with van der Waals surface area (Å²) >= 11 is 4.54. The monoisotopic (exact) mass is 252 g/mol. The van der Waals surface area contributed by atoms with Crippen LogP contribution in [0.15, 0.2) is 4.99 Å². The van der Waals surface area contributed by atoms with Gasteiger partial charge in [0.1, 0.15) is 0 Å². The first kappa shape index (κ1) is 13.5. The van der Waals surface area contributed by atoms with Crippen LogP contribution in [0.2, 0.25) is 0 Å². The second-order valence-electron chi connectivity index (χ2n) is 4.08. The van der Waals surface area contributed by atoms with Gasteiger partial charge in [0.05, 0.1) is 5.16 Å². The molecule has 1 aromatic rings. The van der Waals surface area contributed by atoms with Crippen molar-refractivity contribution in [2.24, 2.45) is 4.99 Å². The third kappa shape index (κ3) is 4.84. The van der Waals surface area contributed by atoms with Gasteiger partial charge in [-0.3, -0.25) is 0 Å². The van der Waals surface area contributed by atoms with Crippen molar-refractivity contribution >= 4 is 35.2 Å². The highest BCUT2D eigenvalue weighted by atomic mass is 32.1. The molecule has 0 aliphatic rings. The number of rotatable bonds is 5. The maximum atomic E-state index is 4.54. The zero-order valence-electron chi connectivity index (χ0n) is 10.4. The molecule has 0 aliphatic carbocycles. The van der Waals surface area contributed by atoms with Gasteiger partial charge in [-0.05, 0) is 39.9 Å². The van der Waals surface area contributed by atoms with Crippen LogP contribution in [0.3, 0.4) is 0 Å². The van der Waals surface area contributed by atoms with Gasteiger partial charge in [0.2, 0.25) is 11.9 Å². The summed E-state index contributed by atoms with van der Waals surface area (Å²) in [7, 11) is 0. The maximum absolute atomic E-state index is 4.54. The van der Waals surface area contributed by atoms with E-state index in [1.807, 2.05) is 27.7 Å². The molecule has 1 aromatic heterocycles. The van der Waals surface area contributed by atoms with Gasteiger partial charge in [-0.25, -0.2) is 0 Å². The smallest absolute Gasteiger partial charge is 0.265 e. The van der Waals surface area contributed by atoms with Crippen LogP contribution in [0.5, 0.6) is 0 Å². The molecule has 7 heteroatoms. The average Bonchev–Trinajstić information content (AvgIpc) is 2.14. The molecule has 0 spiro atoms. The van der Waals surface area contributed by atoms with Crippen molar-refractivity contribution in [1.82, 2.24) is 15.0 Å². The summed E-state index contributed by atoms with van der Waals surface area (Å²) in [5.41, 5.74) is 0. The molecule has 17 heavy (non-hydrogen) atoms. The molecule has 0 aliphatic heterocycles. The molecule has 1 rings (SSSR count). The average molecular weight is 252 g/mol. The Morgan fingerprint density at radius 3 is 1.82 bits per heavy atom. The lowest BCUT2D eigenvalue weighted by Crippen LogP contribution is -2.17. The lowest BCUT2D eigenvalue weighted by atomic mass is 10.4. The Kier molecular flexibility index (Phi) is 4.93. The molecule has 2 N–H and O–H groups in total. The van der Waals surface area contributed by atoms with Gasteiger partial charge in [-0.1, -0.05) is 0 Å². The second-order valence-corrected chi connectivity index (χ2v) is 4.27. The van der Waals surface area contributed by atoms with Crippen LogP contribution >= 0.6 is 12.2 Å². The Hall–Kier alpha value is -1.59. The van der Waals surface area contributed by atoms with Crippen LogP contribution < -0.4 is 10.6 Å². The summed E-state index contributed by atoms with van der Waals surface area (Å²) in [5, 5.41) is 8.43. The van der Waals surface area contributed by atoms with Crippen molar-refractivity contribution in [2.75, 3.05) is 10.6 Å². The molecule has 92 valence electrons. The zero-order valence-corrected chi connectivity index (χ0v) is 11.2. The van der Waals surface area contributed by atoms with Gasteiger partial charge in [-0.15, -0.1) is 0 Å². The van der Waals surface area contributed by atoms with Crippen molar-refractivity contribution in [3.63, 3.8) is 0 Å². The molecule has 0 radical (unpaired) electrons. The number of aromatic nitrogens is 3. The number of isothiocyanates is 1. The third-order valence-corrected chi connectivity index (χ3v) is 1.70. The number of nitrogens with zero attached hydrogens (tertiary/aromatic N) is 4. The fraction of sp³-hybridized carbons (Fsp3) is 0.600. The predicted molar refractivity (Wildman–Crippen MR) is 72.0 cm³/mol. The van der Waals surface area contributed by atoms with E-state index in [1.54, 1.807) is 0 Å². The fourth-order valence-corrected chi connectivity index (χ4v) is 1.18. The van der Waals surface area contributed by atoms with Gasteiger partial charge in [0, 0.05) is 12.1 Å².